The van der Waals surface area contributed by atoms with Gasteiger partial charge in [0.05, 0.1) is 42.1 Å². The molecule has 276 valence electrons. The number of amides is 2. The molecule has 0 bridgehead atoms. The molecule has 54 heavy (non-hydrogen) atoms. The summed E-state index contributed by atoms with van der Waals surface area (Å²) in [5.41, 5.74) is 6.36. The van der Waals surface area contributed by atoms with Gasteiger partial charge < -0.3 is 24.6 Å². The highest BCUT2D eigenvalue weighted by Gasteiger charge is 2.41. The number of carbonyl (C=O) groups excluding carboxylic acids is 2. The number of piperidine rings is 1. The van der Waals surface area contributed by atoms with Crippen molar-refractivity contribution in [2.75, 3.05) is 19.6 Å². The Kier molecular flexibility index (Phi) is 10.2. The Labute approximate surface area is 320 Å². The second-order valence-electron chi connectivity index (χ2n) is 14.7. The van der Waals surface area contributed by atoms with Crippen molar-refractivity contribution in [2.45, 2.75) is 57.0 Å². The lowest BCUT2D eigenvalue weighted by atomic mass is 9.84. The van der Waals surface area contributed by atoms with Crippen LogP contribution >= 0.6 is 11.6 Å². The second kappa shape index (κ2) is 15.2. The number of ether oxygens (including phenoxy) is 2. The standard InChI is InChI=1S/C45H43ClN2O6/c1-29-40(27-47-22-20-45(52,21-23-47)36-16-18-37(46)19-17-36)53-44(54-41(29)32-14-12-30(28-49)13-15-32)35-9-5-8-34(25-35)33-7-4-6-31(24-33)26-48-42(50)38-10-2-3-11-39(38)43(48)51/h2-19,24-25,29,40-41,44,49,52H,20-23,26-28H2,1H3. The van der Waals surface area contributed by atoms with Gasteiger partial charge in [-0.3, -0.25) is 14.5 Å². The van der Waals surface area contributed by atoms with Crippen LogP contribution in [0.1, 0.15) is 80.7 Å². The van der Waals surface area contributed by atoms with Crippen LogP contribution in [-0.4, -0.2) is 57.6 Å². The first-order valence-corrected chi connectivity index (χ1v) is 18.9. The molecular weight excluding hydrogens is 700 g/mol. The van der Waals surface area contributed by atoms with Crippen LogP contribution < -0.4 is 0 Å². The Morgan fingerprint density at radius 1 is 0.741 bits per heavy atom. The van der Waals surface area contributed by atoms with E-state index in [9.17, 15) is 19.8 Å². The van der Waals surface area contributed by atoms with Gasteiger partial charge in [0.25, 0.3) is 11.8 Å². The average Bonchev–Trinajstić information content (AvgIpc) is 3.44. The van der Waals surface area contributed by atoms with Crippen LogP contribution in [0.5, 0.6) is 0 Å². The molecule has 9 heteroatoms. The van der Waals surface area contributed by atoms with Crippen LogP contribution in [0.4, 0.5) is 0 Å². The van der Waals surface area contributed by atoms with Gasteiger partial charge in [-0.2, -0.15) is 0 Å². The summed E-state index contributed by atoms with van der Waals surface area (Å²) >= 11 is 6.12. The third kappa shape index (κ3) is 7.26. The number of aliphatic hydroxyl groups excluding tert-OH is 1. The molecule has 2 N–H and O–H groups in total. The Hall–Kier alpha value is -4.67. The molecule has 3 aliphatic rings. The first-order valence-electron chi connectivity index (χ1n) is 18.5. The molecule has 2 amide bonds. The van der Waals surface area contributed by atoms with E-state index in [0.717, 1.165) is 52.0 Å². The monoisotopic (exact) mass is 742 g/mol. The lowest BCUT2D eigenvalue weighted by Crippen LogP contribution is -2.49. The van der Waals surface area contributed by atoms with Gasteiger partial charge in [0.15, 0.2) is 6.29 Å². The van der Waals surface area contributed by atoms with Gasteiger partial charge in [0, 0.05) is 36.1 Å². The highest BCUT2D eigenvalue weighted by molar-refractivity contribution is 6.30. The van der Waals surface area contributed by atoms with Crippen molar-refractivity contribution in [3.63, 3.8) is 0 Å². The summed E-state index contributed by atoms with van der Waals surface area (Å²) in [4.78, 5) is 29.8. The fraction of sp³-hybridized carbons (Fsp3) is 0.289. The number of hydrogen-bond donors (Lipinski definition) is 2. The van der Waals surface area contributed by atoms with E-state index in [1.54, 1.807) is 24.3 Å². The van der Waals surface area contributed by atoms with E-state index in [0.29, 0.717) is 35.5 Å². The van der Waals surface area contributed by atoms with Gasteiger partial charge in [-0.05, 0) is 82.6 Å². The summed E-state index contributed by atoms with van der Waals surface area (Å²) in [6, 6.07) is 38.4. The van der Waals surface area contributed by atoms with Gasteiger partial charge in [0.1, 0.15) is 0 Å². The number of nitrogens with zero attached hydrogens (tertiary/aromatic N) is 2. The van der Waals surface area contributed by atoms with E-state index in [4.69, 9.17) is 21.1 Å². The fourth-order valence-corrected chi connectivity index (χ4v) is 8.14. The molecule has 3 aliphatic heterocycles. The lowest BCUT2D eigenvalue weighted by Gasteiger charge is -2.45. The van der Waals surface area contributed by atoms with E-state index in [-0.39, 0.29) is 43.1 Å². The van der Waals surface area contributed by atoms with E-state index in [2.05, 4.69) is 17.9 Å². The van der Waals surface area contributed by atoms with Crippen molar-refractivity contribution in [2.24, 2.45) is 5.92 Å². The maximum atomic E-state index is 13.1. The highest BCUT2D eigenvalue weighted by Crippen LogP contribution is 2.43. The Bertz CT molecular complexity index is 2110. The number of aliphatic hydroxyl groups is 2. The minimum absolute atomic E-state index is 0.0142. The van der Waals surface area contributed by atoms with E-state index in [1.165, 1.54) is 4.90 Å². The molecule has 8 nitrogen and oxygen atoms in total. The second-order valence-corrected chi connectivity index (χ2v) is 15.2. The Morgan fingerprint density at radius 2 is 1.39 bits per heavy atom. The molecule has 5 aromatic rings. The number of rotatable bonds is 9. The third-order valence-corrected chi connectivity index (χ3v) is 11.5. The van der Waals surface area contributed by atoms with Gasteiger partial charge in [-0.1, -0.05) is 103 Å². The summed E-state index contributed by atoms with van der Waals surface area (Å²) in [7, 11) is 0. The van der Waals surface area contributed by atoms with Crippen molar-refractivity contribution in [1.82, 2.24) is 9.80 Å². The quantitative estimate of drug-likeness (QED) is 0.147. The molecule has 0 aromatic heterocycles. The molecule has 2 fully saturated rings. The fourth-order valence-electron chi connectivity index (χ4n) is 8.02. The molecule has 4 atom stereocenters. The molecular formula is C45H43ClN2O6. The van der Waals surface area contributed by atoms with Crippen LogP contribution in [0, 0.1) is 5.92 Å². The first-order chi connectivity index (χ1) is 26.2. The number of halogens is 1. The van der Waals surface area contributed by atoms with E-state index >= 15 is 0 Å². The summed E-state index contributed by atoms with van der Waals surface area (Å²) in [5, 5.41) is 21.9. The molecule has 0 spiro atoms. The zero-order valence-electron chi connectivity index (χ0n) is 30.1. The molecule has 8 rings (SSSR count). The van der Waals surface area contributed by atoms with Crippen LogP contribution in [0.3, 0.4) is 0 Å². The van der Waals surface area contributed by atoms with Gasteiger partial charge in [-0.25, -0.2) is 0 Å². The Morgan fingerprint density at radius 3 is 2.06 bits per heavy atom. The van der Waals surface area contributed by atoms with Crippen molar-refractivity contribution in [1.29, 1.82) is 0 Å². The molecule has 3 heterocycles. The van der Waals surface area contributed by atoms with Crippen LogP contribution in [-0.2, 0) is 28.2 Å². The van der Waals surface area contributed by atoms with E-state index < -0.39 is 11.9 Å². The predicted molar refractivity (Wildman–Crippen MR) is 207 cm³/mol. The molecule has 5 aromatic carbocycles. The zero-order chi connectivity index (χ0) is 37.4. The van der Waals surface area contributed by atoms with Gasteiger partial charge >= 0.3 is 0 Å². The van der Waals surface area contributed by atoms with Crippen molar-refractivity contribution in [3.05, 3.63) is 165 Å². The average molecular weight is 743 g/mol. The lowest BCUT2D eigenvalue weighted by molar-refractivity contribution is -0.277. The maximum Gasteiger partial charge on any atom is 0.261 e. The minimum Gasteiger partial charge on any atom is -0.392 e. The smallest absolute Gasteiger partial charge is 0.261 e. The third-order valence-electron chi connectivity index (χ3n) is 11.3. The summed E-state index contributed by atoms with van der Waals surface area (Å²) in [5.74, 6) is -0.540. The predicted octanol–water partition coefficient (Wildman–Crippen LogP) is 8.07. The molecule has 0 radical (unpaired) electrons. The molecule has 2 saturated heterocycles. The summed E-state index contributed by atoms with van der Waals surface area (Å²) in [6.07, 6.45) is 0.139. The van der Waals surface area contributed by atoms with Gasteiger partial charge in [0.2, 0.25) is 0 Å². The topological polar surface area (TPSA) is 99.5 Å². The van der Waals surface area contributed by atoms with Crippen LogP contribution in [0.15, 0.2) is 121 Å². The zero-order valence-corrected chi connectivity index (χ0v) is 30.9. The van der Waals surface area contributed by atoms with Crippen LogP contribution in [0.2, 0.25) is 5.02 Å². The SMILES string of the molecule is CC1C(CN2CCC(O)(c3ccc(Cl)cc3)CC2)OC(c2cccc(-c3cccc(CN4C(=O)c5ccccc5C4=O)c3)c2)OC1c1ccc(CO)cc1. The Balaban J connectivity index is 1.02. The number of imide groups is 1. The molecule has 0 saturated carbocycles. The largest absolute Gasteiger partial charge is 0.392 e. The normalized spacial score (nSPS) is 22.7. The van der Waals surface area contributed by atoms with Crippen molar-refractivity contribution < 1.29 is 29.3 Å². The van der Waals surface area contributed by atoms with Crippen molar-refractivity contribution >= 4 is 23.4 Å². The number of carbonyl (C=O) groups is 2. The number of hydrogen-bond acceptors (Lipinski definition) is 7. The summed E-state index contributed by atoms with van der Waals surface area (Å²) in [6.45, 7) is 4.44. The van der Waals surface area contributed by atoms with Crippen LogP contribution in [0.25, 0.3) is 11.1 Å². The minimum atomic E-state index is -0.898. The maximum absolute atomic E-state index is 13.1. The number of benzene rings is 5. The molecule has 0 aliphatic carbocycles. The van der Waals surface area contributed by atoms with E-state index in [1.807, 2.05) is 91.0 Å². The summed E-state index contributed by atoms with van der Waals surface area (Å²) < 4.78 is 13.6. The first kappa shape index (κ1) is 36.3. The molecule has 4 unspecified atom stereocenters. The number of likely N-dealkylation sites (tertiary alicyclic amines) is 1. The highest BCUT2D eigenvalue weighted by atomic mass is 35.5. The van der Waals surface area contributed by atoms with Gasteiger partial charge in [-0.15, -0.1) is 0 Å². The number of fused-ring (bicyclic) bond motifs is 1. The van der Waals surface area contributed by atoms with Crippen molar-refractivity contribution in [3.8, 4) is 11.1 Å².